The maximum absolute atomic E-state index is 9.12. The van der Waals surface area contributed by atoms with E-state index >= 15 is 0 Å². The number of unbranched alkanes of at least 4 members (excludes halogenated alkanes) is 4. The molecule has 2 aromatic carbocycles. The molecule has 2 nitrogen and oxygen atoms in total. The number of rotatable bonds is 12. The molecule has 0 aromatic heterocycles. The monoisotopic (exact) mass is 400 g/mol. The van der Waals surface area contributed by atoms with Gasteiger partial charge in [-0.2, -0.15) is 0 Å². The fraction of sp³-hybridized carbons (Fsp3) is 0.429. The molecular weight excluding hydrogens is 364 g/mol. The van der Waals surface area contributed by atoms with Gasteiger partial charge in [0.15, 0.2) is 0 Å². The van der Waals surface area contributed by atoms with Crippen molar-refractivity contribution in [2.24, 2.45) is 0 Å². The lowest BCUT2D eigenvalue weighted by atomic mass is 9.91. The molecule has 0 N–H and O–H groups in total. The van der Waals surface area contributed by atoms with E-state index in [1.807, 2.05) is 0 Å². The molecular formula is C28H36N2. The van der Waals surface area contributed by atoms with Gasteiger partial charge >= 0.3 is 5.87 Å². The number of nitrogens with zero attached hydrogens (tertiary/aromatic N) is 2. The molecule has 0 saturated heterocycles. The van der Waals surface area contributed by atoms with Crippen LogP contribution < -0.4 is 0 Å². The number of benzene rings is 2. The highest BCUT2D eigenvalue weighted by Gasteiger charge is 2.10. The molecule has 0 heterocycles. The van der Waals surface area contributed by atoms with Gasteiger partial charge in [-0.15, -0.1) is 4.79 Å². The summed E-state index contributed by atoms with van der Waals surface area (Å²) in [7, 11) is 0. The van der Waals surface area contributed by atoms with Gasteiger partial charge in [0.1, 0.15) is 0 Å². The Labute approximate surface area is 183 Å². The van der Waals surface area contributed by atoms with E-state index in [9.17, 15) is 0 Å². The first-order chi connectivity index (χ1) is 14.7. The summed E-state index contributed by atoms with van der Waals surface area (Å²) in [5, 5.41) is 0. The largest absolute Gasteiger partial charge is 0.348 e. The highest BCUT2D eigenvalue weighted by Crippen LogP contribution is 2.28. The summed E-state index contributed by atoms with van der Waals surface area (Å²) < 4.78 is 0. The van der Waals surface area contributed by atoms with Crippen molar-refractivity contribution in [2.75, 3.05) is 0 Å². The Hall–Kier alpha value is -2.66. The number of aryl methyl sites for hydroxylation is 2. The van der Waals surface area contributed by atoms with Gasteiger partial charge in [0.2, 0.25) is 0 Å². The van der Waals surface area contributed by atoms with E-state index in [0.29, 0.717) is 0 Å². The summed E-state index contributed by atoms with van der Waals surface area (Å²) in [6, 6.07) is 17.7. The molecule has 158 valence electrons. The standard InChI is InChI=1S/C28H36N2/c1-4-7-9-10-14-24-16-12-18-27(20-24)28(21-25(22-30-29)13-8-5-2)26-17-11-15-23(6-3)19-26/h11-12,15-21H,4-10,13-14H2,1-3H3. The minimum atomic E-state index is 0.855. The minimum Gasteiger partial charge on any atom is -0.348 e. The van der Waals surface area contributed by atoms with Gasteiger partial charge < -0.3 is 5.53 Å². The zero-order valence-corrected chi connectivity index (χ0v) is 19.0. The van der Waals surface area contributed by atoms with E-state index < -0.39 is 0 Å². The molecule has 2 aromatic rings. The van der Waals surface area contributed by atoms with Crippen LogP contribution in [0.15, 0.2) is 60.2 Å². The van der Waals surface area contributed by atoms with Crippen LogP contribution in [0.25, 0.3) is 11.1 Å². The van der Waals surface area contributed by atoms with Gasteiger partial charge in [0.25, 0.3) is 0 Å². The summed E-state index contributed by atoms with van der Waals surface area (Å²) >= 11 is 0. The molecule has 0 amide bonds. The lowest BCUT2D eigenvalue weighted by molar-refractivity contribution is 0.00746. The predicted molar refractivity (Wildman–Crippen MR) is 129 cm³/mol. The molecule has 0 spiro atoms. The fourth-order valence-electron chi connectivity index (χ4n) is 3.71. The highest BCUT2D eigenvalue weighted by molar-refractivity contribution is 5.83. The quantitative estimate of drug-likeness (QED) is 0.114. The summed E-state index contributed by atoms with van der Waals surface area (Å²) in [6.07, 6.45) is 12.4. The summed E-state index contributed by atoms with van der Waals surface area (Å²) in [5.74, 6) is 2.80. The third kappa shape index (κ3) is 7.64. The Morgan fingerprint density at radius 2 is 1.53 bits per heavy atom. The smallest absolute Gasteiger partial charge is 0.303 e. The van der Waals surface area contributed by atoms with Crippen LogP contribution in [0.5, 0.6) is 0 Å². The SMILES string of the molecule is CCCCCCc1cccc(C(=CC(=C=[N+]=[N-])CCCC)c2cccc(CC)c2)c1. The topological polar surface area (TPSA) is 36.4 Å². The normalized spacial score (nSPS) is 11.1. The zero-order chi connectivity index (χ0) is 21.6. The van der Waals surface area contributed by atoms with E-state index in [0.717, 1.165) is 37.7 Å². The molecule has 0 radical (unpaired) electrons. The van der Waals surface area contributed by atoms with Crippen LogP contribution in [0.3, 0.4) is 0 Å². The van der Waals surface area contributed by atoms with Crippen molar-refractivity contribution in [1.82, 2.24) is 0 Å². The molecule has 0 fully saturated rings. The predicted octanol–water partition coefficient (Wildman–Crippen LogP) is 7.82. The van der Waals surface area contributed by atoms with E-state index in [1.165, 1.54) is 53.5 Å². The second kappa shape index (κ2) is 13.5. The maximum Gasteiger partial charge on any atom is 0.303 e. The van der Waals surface area contributed by atoms with Crippen molar-refractivity contribution in [3.05, 3.63) is 88.0 Å². The van der Waals surface area contributed by atoms with Crippen LogP contribution >= 0.6 is 0 Å². The molecule has 0 bridgehead atoms. The van der Waals surface area contributed by atoms with E-state index in [2.05, 4.69) is 86.0 Å². The van der Waals surface area contributed by atoms with Crippen molar-refractivity contribution >= 4 is 11.4 Å². The van der Waals surface area contributed by atoms with Crippen LogP contribution in [0.4, 0.5) is 0 Å². The third-order valence-corrected chi connectivity index (χ3v) is 5.52. The molecule has 0 saturated carbocycles. The van der Waals surface area contributed by atoms with Crippen LogP contribution in [-0.4, -0.2) is 10.7 Å². The third-order valence-electron chi connectivity index (χ3n) is 5.52. The second-order valence-corrected chi connectivity index (χ2v) is 7.96. The zero-order valence-electron chi connectivity index (χ0n) is 19.0. The molecule has 2 rings (SSSR count). The van der Waals surface area contributed by atoms with Crippen LogP contribution in [0, 0.1) is 0 Å². The number of allylic oxidation sites excluding steroid dienone is 2. The van der Waals surface area contributed by atoms with Gasteiger partial charge in [0, 0.05) is 0 Å². The van der Waals surface area contributed by atoms with Gasteiger partial charge in [-0.25, -0.2) is 0 Å². The summed E-state index contributed by atoms with van der Waals surface area (Å²) in [5.41, 5.74) is 16.3. The summed E-state index contributed by atoms with van der Waals surface area (Å²) in [6.45, 7) is 6.61. The highest BCUT2D eigenvalue weighted by atomic mass is 14.8. The van der Waals surface area contributed by atoms with Crippen molar-refractivity contribution in [2.45, 2.75) is 78.6 Å². The van der Waals surface area contributed by atoms with Crippen LogP contribution in [-0.2, 0) is 12.8 Å². The van der Waals surface area contributed by atoms with Crippen LogP contribution in [0.2, 0.25) is 0 Å². The van der Waals surface area contributed by atoms with E-state index in [1.54, 1.807) is 0 Å². The molecule has 2 heteroatoms. The summed E-state index contributed by atoms with van der Waals surface area (Å²) in [4.78, 5) is 3.21. The Kier molecular flexibility index (Phi) is 10.7. The van der Waals surface area contributed by atoms with Crippen LogP contribution in [0.1, 0.15) is 88.0 Å². The maximum atomic E-state index is 9.12. The van der Waals surface area contributed by atoms with Gasteiger partial charge in [-0.05, 0) is 66.0 Å². The molecule has 0 atom stereocenters. The molecule has 0 aliphatic heterocycles. The molecule has 0 aliphatic carbocycles. The minimum absolute atomic E-state index is 0.855. The number of hydrogen-bond acceptors (Lipinski definition) is 0. The van der Waals surface area contributed by atoms with Crippen molar-refractivity contribution in [3.63, 3.8) is 0 Å². The Morgan fingerprint density at radius 1 is 0.867 bits per heavy atom. The molecule has 0 unspecified atom stereocenters. The van der Waals surface area contributed by atoms with Crippen molar-refractivity contribution < 1.29 is 4.79 Å². The average molecular weight is 401 g/mol. The Balaban J connectivity index is 2.46. The molecule has 30 heavy (non-hydrogen) atoms. The Morgan fingerprint density at radius 3 is 2.17 bits per heavy atom. The first-order valence-electron chi connectivity index (χ1n) is 11.6. The average Bonchev–Trinajstić information content (AvgIpc) is 2.78. The lowest BCUT2D eigenvalue weighted by Gasteiger charge is -2.12. The first kappa shape index (κ1) is 23.6. The van der Waals surface area contributed by atoms with Gasteiger partial charge in [0.05, 0.1) is 5.57 Å². The van der Waals surface area contributed by atoms with Gasteiger partial charge in [-0.1, -0.05) is 95.0 Å². The second-order valence-electron chi connectivity index (χ2n) is 7.96. The number of hydrogen-bond donors (Lipinski definition) is 0. The van der Waals surface area contributed by atoms with Crippen molar-refractivity contribution in [3.8, 4) is 0 Å². The lowest BCUT2D eigenvalue weighted by Crippen LogP contribution is -1.95. The molecule has 0 aliphatic rings. The first-order valence-corrected chi connectivity index (χ1v) is 11.6. The Bertz CT molecular complexity index is 910. The van der Waals surface area contributed by atoms with E-state index in [4.69, 9.17) is 5.53 Å². The van der Waals surface area contributed by atoms with Crippen molar-refractivity contribution in [1.29, 1.82) is 0 Å². The van der Waals surface area contributed by atoms with Gasteiger partial charge in [-0.3, -0.25) is 0 Å². The van der Waals surface area contributed by atoms with E-state index in [-0.39, 0.29) is 0 Å². The fourth-order valence-corrected chi connectivity index (χ4v) is 3.71.